The molecule has 2 rings (SSSR count). The van der Waals surface area contributed by atoms with E-state index < -0.39 is 23.1 Å². The molecule has 0 N–H and O–H groups in total. The smallest absolute Gasteiger partial charge is 0.326 e. The molecule has 0 aromatic rings. The zero-order valence-corrected chi connectivity index (χ0v) is 7.75. The van der Waals surface area contributed by atoms with Gasteiger partial charge in [-0.1, -0.05) is 6.92 Å². The number of hydrogen-bond acceptors (Lipinski definition) is 4. The molecule has 0 unspecified atom stereocenters. The first-order valence-corrected chi connectivity index (χ1v) is 4.49. The fourth-order valence-electron chi connectivity index (χ4n) is 1.37. The highest BCUT2D eigenvalue weighted by Gasteiger charge is 2.64. The molecule has 1 saturated carbocycles. The van der Waals surface area contributed by atoms with E-state index in [-0.39, 0.29) is 0 Å². The van der Waals surface area contributed by atoms with Gasteiger partial charge in [0.2, 0.25) is 0 Å². The van der Waals surface area contributed by atoms with E-state index in [1.807, 2.05) is 6.92 Å². The number of carbonyl (C=O) groups excluding carboxylic acids is 2. The van der Waals surface area contributed by atoms with Gasteiger partial charge in [-0.2, -0.15) is 0 Å². The minimum absolute atomic E-state index is 0.409. The van der Waals surface area contributed by atoms with Gasteiger partial charge < -0.3 is 9.47 Å². The molecule has 0 aromatic carbocycles. The third kappa shape index (κ3) is 1.04. The summed E-state index contributed by atoms with van der Waals surface area (Å²) in [5.74, 6) is -1.86. The fourth-order valence-corrected chi connectivity index (χ4v) is 1.37. The molecule has 0 bridgehead atoms. The van der Waals surface area contributed by atoms with Crippen LogP contribution < -0.4 is 0 Å². The maximum absolute atomic E-state index is 11.4. The van der Waals surface area contributed by atoms with Crippen LogP contribution in [-0.2, 0) is 19.1 Å². The van der Waals surface area contributed by atoms with Crippen LogP contribution in [0.5, 0.6) is 0 Å². The van der Waals surface area contributed by atoms with Crippen LogP contribution >= 0.6 is 0 Å². The summed E-state index contributed by atoms with van der Waals surface area (Å²) in [4.78, 5) is 22.9. The van der Waals surface area contributed by atoms with Crippen LogP contribution in [0.1, 0.15) is 33.1 Å². The Balaban J connectivity index is 2.23. The van der Waals surface area contributed by atoms with Crippen molar-refractivity contribution in [2.75, 3.05) is 0 Å². The summed E-state index contributed by atoms with van der Waals surface area (Å²) in [5.41, 5.74) is -0.922. The highest BCUT2D eigenvalue weighted by atomic mass is 16.7. The van der Waals surface area contributed by atoms with Crippen LogP contribution in [0.15, 0.2) is 0 Å². The molecule has 72 valence electrons. The number of cyclic esters (lactones) is 2. The van der Waals surface area contributed by atoms with Crippen molar-refractivity contribution in [3.8, 4) is 0 Å². The minimum Gasteiger partial charge on any atom is -0.422 e. The molecule has 0 radical (unpaired) electrons. The number of ether oxygens (including phenoxy) is 2. The van der Waals surface area contributed by atoms with Crippen molar-refractivity contribution in [3.05, 3.63) is 0 Å². The molecular weight excluding hydrogens is 172 g/mol. The third-order valence-corrected chi connectivity index (χ3v) is 2.79. The second-order valence-corrected chi connectivity index (χ2v) is 3.85. The molecule has 1 spiro atoms. The molecule has 0 atom stereocenters. The third-order valence-electron chi connectivity index (χ3n) is 2.79. The van der Waals surface area contributed by atoms with Crippen LogP contribution in [-0.4, -0.2) is 17.7 Å². The quantitative estimate of drug-likeness (QED) is 0.450. The predicted octanol–water partition coefficient (Wildman–Crippen LogP) is 0.993. The summed E-state index contributed by atoms with van der Waals surface area (Å²) in [6.07, 6.45) is 1.63. The first kappa shape index (κ1) is 8.53. The Morgan fingerprint density at radius 3 is 2.00 bits per heavy atom. The lowest BCUT2D eigenvalue weighted by molar-refractivity contribution is -0.249. The zero-order valence-electron chi connectivity index (χ0n) is 7.75. The van der Waals surface area contributed by atoms with Crippen molar-refractivity contribution in [3.63, 3.8) is 0 Å². The molecule has 0 amide bonds. The summed E-state index contributed by atoms with van der Waals surface area (Å²) in [6, 6.07) is 0. The molecule has 1 heterocycles. The molecule has 0 aromatic heterocycles. The summed E-state index contributed by atoms with van der Waals surface area (Å²) in [7, 11) is 0. The zero-order chi connectivity index (χ0) is 9.69. The molecule has 4 heteroatoms. The molecular formula is C9H12O4. The standard InChI is InChI=1S/C9H12O4/c1-3-8(2)12-6(10)9(4-5-9)7(11)13-8/h3-5H2,1-2H3. The van der Waals surface area contributed by atoms with E-state index in [4.69, 9.17) is 9.47 Å². The van der Waals surface area contributed by atoms with Crippen molar-refractivity contribution in [2.45, 2.75) is 38.9 Å². The van der Waals surface area contributed by atoms with Crippen LogP contribution in [0.25, 0.3) is 0 Å². The molecule has 4 nitrogen and oxygen atoms in total. The van der Waals surface area contributed by atoms with Gasteiger partial charge in [0, 0.05) is 13.3 Å². The van der Waals surface area contributed by atoms with Gasteiger partial charge in [-0.3, -0.25) is 9.59 Å². The summed E-state index contributed by atoms with van der Waals surface area (Å²) >= 11 is 0. The lowest BCUT2D eigenvalue weighted by Gasteiger charge is -2.35. The van der Waals surface area contributed by atoms with Crippen molar-refractivity contribution in [2.24, 2.45) is 5.41 Å². The maximum Gasteiger partial charge on any atom is 0.326 e. The van der Waals surface area contributed by atoms with E-state index in [0.29, 0.717) is 19.3 Å². The Labute approximate surface area is 76.2 Å². The Morgan fingerprint density at radius 1 is 1.23 bits per heavy atom. The number of hydrogen-bond donors (Lipinski definition) is 0. The van der Waals surface area contributed by atoms with Crippen molar-refractivity contribution < 1.29 is 19.1 Å². The molecule has 1 aliphatic heterocycles. The Hall–Kier alpha value is -1.06. The minimum atomic E-state index is -1.04. The molecule has 1 aliphatic carbocycles. The van der Waals surface area contributed by atoms with Crippen molar-refractivity contribution in [1.82, 2.24) is 0 Å². The normalized spacial score (nSPS) is 28.2. The maximum atomic E-state index is 11.4. The van der Waals surface area contributed by atoms with Gasteiger partial charge in [0.15, 0.2) is 5.41 Å². The first-order chi connectivity index (χ1) is 6.02. The number of rotatable bonds is 1. The Bertz CT molecular complexity index is 257. The van der Waals surface area contributed by atoms with Gasteiger partial charge in [0.05, 0.1) is 0 Å². The van der Waals surface area contributed by atoms with E-state index in [2.05, 4.69) is 0 Å². The summed E-state index contributed by atoms with van der Waals surface area (Å²) in [5, 5.41) is 0. The first-order valence-electron chi connectivity index (χ1n) is 4.49. The Kier molecular flexibility index (Phi) is 1.47. The topological polar surface area (TPSA) is 52.6 Å². The monoisotopic (exact) mass is 184 g/mol. The molecule has 1 saturated heterocycles. The average Bonchev–Trinajstić information content (AvgIpc) is 2.82. The molecule has 13 heavy (non-hydrogen) atoms. The van der Waals surface area contributed by atoms with Gasteiger partial charge in [-0.25, -0.2) is 0 Å². The lowest BCUT2D eigenvalue weighted by atomic mass is 10.1. The number of esters is 2. The van der Waals surface area contributed by atoms with E-state index in [1.54, 1.807) is 6.92 Å². The van der Waals surface area contributed by atoms with Crippen LogP contribution in [0, 0.1) is 5.41 Å². The largest absolute Gasteiger partial charge is 0.422 e. The van der Waals surface area contributed by atoms with Crippen molar-refractivity contribution >= 4 is 11.9 Å². The van der Waals surface area contributed by atoms with Crippen LogP contribution in [0.3, 0.4) is 0 Å². The van der Waals surface area contributed by atoms with Crippen LogP contribution in [0.2, 0.25) is 0 Å². The molecule has 2 aliphatic rings. The highest BCUT2D eigenvalue weighted by Crippen LogP contribution is 2.52. The van der Waals surface area contributed by atoms with E-state index in [0.717, 1.165) is 0 Å². The van der Waals surface area contributed by atoms with Gasteiger partial charge in [-0.15, -0.1) is 0 Å². The van der Waals surface area contributed by atoms with Gasteiger partial charge in [0.25, 0.3) is 5.79 Å². The Morgan fingerprint density at radius 2 is 1.69 bits per heavy atom. The van der Waals surface area contributed by atoms with Gasteiger partial charge >= 0.3 is 11.9 Å². The summed E-state index contributed by atoms with van der Waals surface area (Å²) < 4.78 is 10.2. The predicted molar refractivity (Wildman–Crippen MR) is 42.5 cm³/mol. The van der Waals surface area contributed by atoms with Crippen molar-refractivity contribution in [1.29, 1.82) is 0 Å². The van der Waals surface area contributed by atoms with E-state index in [1.165, 1.54) is 0 Å². The average molecular weight is 184 g/mol. The molecule has 2 fully saturated rings. The SMILES string of the molecule is CCC1(C)OC(=O)C2(CC2)C(=O)O1. The van der Waals surface area contributed by atoms with E-state index >= 15 is 0 Å². The second kappa shape index (κ2) is 2.25. The lowest BCUT2D eigenvalue weighted by Crippen LogP contribution is -2.48. The number of carbonyl (C=O) groups is 2. The summed E-state index contributed by atoms with van der Waals surface area (Å²) in [6.45, 7) is 3.42. The highest BCUT2D eigenvalue weighted by molar-refractivity contribution is 6.04. The second-order valence-electron chi connectivity index (χ2n) is 3.85. The fraction of sp³-hybridized carbons (Fsp3) is 0.778. The van der Waals surface area contributed by atoms with Gasteiger partial charge in [-0.05, 0) is 12.8 Å². The van der Waals surface area contributed by atoms with Crippen LogP contribution in [0.4, 0.5) is 0 Å². The van der Waals surface area contributed by atoms with Gasteiger partial charge in [0.1, 0.15) is 0 Å². The van der Waals surface area contributed by atoms with E-state index in [9.17, 15) is 9.59 Å².